The number of rotatable bonds is 1. The van der Waals surface area contributed by atoms with E-state index in [2.05, 4.69) is 10.1 Å². The van der Waals surface area contributed by atoms with Crippen LogP contribution in [0.15, 0.2) is 23.3 Å². The van der Waals surface area contributed by atoms with Crippen molar-refractivity contribution in [1.29, 1.82) is 0 Å². The first kappa shape index (κ1) is 13.9. The Balaban J connectivity index is 1.81. The van der Waals surface area contributed by atoms with Crippen molar-refractivity contribution in [2.45, 2.75) is 31.3 Å². The molecule has 0 radical (unpaired) electrons. The minimum atomic E-state index is -0.186. The van der Waals surface area contributed by atoms with E-state index in [0.717, 1.165) is 19.3 Å². The number of nitrogens with zero attached hydrogens (tertiary/aromatic N) is 4. The smallest absolute Gasteiger partial charge is 0.295 e. The molecule has 1 aliphatic carbocycles. The van der Waals surface area contributed by atoms with Crippen molar-refractivity contribution in [3.05, 3.63) is 39.8 Å². The largest absolute Gasteiger partial charge is 0.321 e. The van der Waals surface area contributed by atoms with Crippen LogP contribution in [0.2, 0.25) is 10.0 Å². The van der Waals surface area contributed by atoms with Crippen LogP contribution in [0, 0.1) is 12.5 Å². The van der Waals surface area contributed by atoms with Crippen molar-refractivity contribution in [3.63, 3.8) is 0 Å². The van der Waals surface area contributed by atoms with E-state index in [-0.39, 0.29) is 11.9 Å². The van der Waals surface area contributed by atoms with E-state index >= 15 is 0 Å². The molecule has 5 nitrogen and oxygen atoms in total. The molecule has 0 aromatic heterocycles. The van der Waals surface area contributed by atoms with Gasteiger partial charge in [0.2, 0.25) is 0 Å². The first-order valence-corrected chi connectivity index (χ1v) is 7.89. The summed E-state index contributed by atoms with van der Waals surface area (Å²) in [6.45, 7) is 7.07. The zero-order chi connectivity index (χ0) is 15.4. The number of hydrogen-bond acceptors (Lipinski definition) is 2. The summed E-state index contributed by atoms with van der Waals surface area (Å²) < 4.78 is 0. The third kappa shape index (κ3) is 1.77. The molecule has 0 N–H and O–H groups in total. The van der Waals surface area contributed by atoms with Gasteiger partial charge in [-0.05, 0) is 43.4 Å². The number of carbonyl (C=O) groups excluding carboxylic acids is 1. The van der Waals surface area contributed by atoms with Gasteiger partial charge in [-0.15, -0.1) is 4.95 Å². The summed E-state index contributed by atoms with van der Waals surface area (Å²) >= 11 is 12.0. The van der Waals surface area contributed by atoms with E-state index < -0.39 is 0 Å². The summed E-state index contributed by atoms with van der Waals surface area (Å²) in [6.07, 6.45) is 3.14. The van der Waals surface area contributed by atoms with Gasteiger partial charge in [0.1, 0.15) is 11.1 Å². The number of benzene rings is 1. The maximum Gasteiger partial charge on any atom is 0.295 e. The molecule has 2 unspecified atom stereocenters. The van der Waals surface area contributed by atoms with Crippen LogP contribution in [-0.2, 0) is 4.79 Å². The van der Waals surface area contributed by atoms with Gasteiger partial charge in [0.15, 0.2) is 0 Å². The van der Waals surface area contributed by atoms with Gasteiger partial charge < -0.3 is 4.90 Å². The van der Waals surface area contributed by atoms with Crippen LogP contribution in [0.25, 0.3) is 4.95 Å². The number of carbonyl (C=O) groups is 1. The zero-order valence-electron chi connectivity index (χ0n) is 11.5. The average molecular weight is 335 g/mol. The first-order valence-electron chi connectivity index (χ1n) is 7.13. The molecule has 1 saturated carbocycles. The second-order valence-corrected chi connectivity index (χ2v) is 6.67. The Morgan fingerprint density at radius 2 is 2.09 bits per heavy atom. The van der Waals surface area contributed by atoms with Gasteiger partial charge in [0.05, 0.1) is 15.7 Å². The van der Waals surface area contributed by atoms with Crippen LogP contribution in [-0.4, -0.2) is 28.9 Å². The molecular formula is C15H12Cl2N4O. The molecule has 7 heteroatoms. The predicted octanol–water partition coefficient (Wildman–Crippen LogP) is 3.38. The van der Waals surface area contributed by atoms with E-state index in [1.165, 1.54) is 4.90 Å². The van der Waals surface area contributed by atoms with Gasteiger partial charge in [-0.3, -0.25) is 4.79 Å². The van der Waals surface area contributed by atoms with E-state index in [1.807, 2.05) is 4.90 Å². The Labute approximate surface area is 137 Å². The molecule has 3 aliphatic rings. The molecule has 4 rings (SSSR count). The van der Waals surface area contributed by atoms with Gasteiger partial charge in [-0.2, -0.15) is 6.57 Å². The minimum Gasteiger partial charge on any atom is -0.321 e. The highest BCUT2D eigenvalue weighted by molar-refractivity contribution is 6.42. The molecule has 1 amide bonds. The topological polar surface area (TPSA) is 40.3 Å². The minimum absolute atomic E-state index is 0.0204. The van der Waals surface area contributed by atoms with Gasteiger partial charge in [0, 0.05) is 6.04 Å². The molecule has 112 valence electrons. The Kier molecular flexibility index (Phi) is 3.07. The molecule has 2 aliphatic heterocycles. The highest BCUT2D eigenvalue weighted by Crippen LogP contribution is 2.47. The standard InChI is InChI=1S/C15H12Cl2N4O/c1-18-19-15-20-9-3-2-8(6-9)13(20)14(22)21(15)10-4-5-11(16)12(17)7-10/h4-5,7-9,13H,2-3,6H2/t8?,9?,13-/m0/s1. The second kappa shape index (κ2) is 4.87. The molecule has 0 spiro atoms. The van der Waals surface area contributed by atoms with Crippen LogP contribution in [0.4, 0.5) is 5.69 Å². The Hall–Kier alpha value is -1.77. The SMILES string of the molecule is [C-]#[N+]N=C1N(c2ccc(Cl)c(Cl)c2)C(=O)[C@@H]2C3CCC(C3)N12. The number of anilines is 1. The maximum absolute atomic E-state index is 12.9. The Bertz CT molecular complexity index is 742. The molecule has 2 bridgehead atoms. The summed E-state index contributed by atoms with van der Waals surface area (Å²) in [5.41, 5.74) is 0.607. The summed E-state index contributed by atoms with van der Waals surface area (Å²) in [6, 6.07) is 5.15. The summed E-state index contributed by atoms with van der Waals surface area (Å²) in [5.74, 6) is 0.768. The van der Waals surface area contributed by atoms with Crippen LogP contribution in [0.3, 0.4) is 0 Å². The fraction of sp³-hybridized carbons (Fsp3) is 0.400. The third-order valence-electron chi connectivity index (χ3n) is 4.79. The quantitative estimate of drug-likeness (QED) is 0.583. The van der Waals surface area contributed by atoms with Crippen molar-refractivity contribution in [2.24, 2.45) is 11.0 Å². The molecule has 22 heavy (non-hydrogen) atoms. The molecule has 1 aromatic carbocycles. The monoisotopic (exact) mass is 334 g/mol. The number of piperidine rings is 1. The zero-order valence-corrected chi connectivity index (χ0v) is 13.1. The van der Waals surface area contributed by atoms with Gasteiger partial charge >= 0.3 is 0 Å². The van der Waals surface area contributed by atoms with Crippen LogP contribution >= 0.6 is 23.2 Å². The maximum atomic E-state index is 12.9. The second-order valence-electron chi connectivity index (χ2n) is 5.85. The molecule has 1 aromatic rings. The van der Waals surface area contributed by atoms with Crippen molar-refractivity contribution in [3.8, 4) is 0 Å². The lowest BCUT2D eigenvalue weighted by Gasteiger charge is -2.26. The van der Waals surface area contributed by atoms with E-state index in [9.17, 15) is 4.79 Å². The molecular weight excluding hydrogens is 323 g/mol. The number of hydrogen-bond donors (Lipinski definition) is 0. The van der Waals surface area contributed by atoms with Gasteiger partial charge in [-0.1, -0.05) is 23.2 Å². The highest BCUT2D eigenvalue weighted by Gasteiger charge is 2.59. The third-order valence-corrected chi connectivity index (χ3v) is 5.53. The fourth-order valence-corrected chi connectivity index (χ4v) is 4.24. The average Bonchev–Trinajstić information content (AvgIpc) is 3.16. The fourth-order valence-electron chi connectivity index (χ4n) is 3.95. The predicted molar refractivity (Wildman–Crippen MR) is 84.7 cm³/mol. The Morgan fingerprint density at radius 3 is 2.82 bits per heavy atom. The van der Waals surface area contributed by atoms with Crippen molar-refractivity contribution >= 4 is 40.8 Å². The van der Waals surface area contributed by atoms with E-state index in [0.29, 0.717) is 33.7 Å². The van der Waals surface area contributed by atoms with Gasteiger partial charge in [0.25, 0.3) is 11.9 Å². The van der Waals surface area contributed by atoms with E-state index in [1.54, 1.807) is 18.2 Å². The molecule has 2 heterocycles. The summed E-state index contributed by atoms with van der Waals surface area (Å²) in [7, 11) is 0. The first-order chi connectivity index (χ1) is 10.6. The summed E-state index contributed by atoms with van der Waals surface area (Å²) in [5, 5.41) is 4.72. The normalized spacial score (nSPS) is 31.0. The van der Waals surface area contributed by atoms with Gasteiger partial charge in [-0.25, -0.2) is 4.90 Å². The van der Waals surface area contributed by atoms with Crippen molar-refractivity contribution in [1.82, 2.24) is 4.90 Å². The molecule has 3 fully saturated rings. The van der Waals surface area contributed by atoms with Crippen LogP contribution in [0.5, 0.6) is 0 Å². The number of halogens is 2. The van der Waals surface area contributed by atoms with Crippen LogP contribution in [0.1, 0.15) is 19.3 Å². The number of guanidine groups is 1. The lowest BCUT2D eigenvalue weighted by atomic mass is 9.99. The molecule has 3 atom stereocenters. The summed E-state index contributed by atoms with van der Waals surface area (Å²) in [4.78, 5) is 19.6. The van der Waals surface area contributed by atoms with Crippen molar-refractivity contribution < 1.29 is 4.79 Å². The van der Waals surface area contributed by atoms with Crippen molar-refractivity contribution in [2.75, 3.05) is 4.90 Å². The molecule has 2 saturated heterocycles. The Morgan fingerprint density at radius 1 is 1.27 bits per heavy atom. The lowest BCUT2D eigenvalue weighted by Crippen LogP contribution is -2.41. The lowest BCUT2D eigenvalue weighted by molar-refractivity contribution is -0.120. The number of fused-ring (bicyclic) bond motifs is 5. The van der Waals surface area contributed by atoms with E-state index in [4.69, 9.17) is 29.8 Å². The highest BCUT2D eigenvalue weighted by atomic mass is 35.5. The van der Waals surface area contributed by atoms with Crippen LogP contribution < -0.4 is 4.90 Å². The number of amides is 1.